The van der Waals surface area contributed by atoms with Crippen molar-refractivity contribution < 1.29 is 14.6 Å². The second kappa shape index (κ2) is 4.81. The van der Waals surface area contributed by atoms with Crippen LogP contribution in [0.2, 0.25) is 0 Å². The van der Waals surface area contributed by atoms with Crippen LogP contribution in [-0.2, 0) is 16.1 Å². The number of carbonyl (C=O) groups is 1. The molecule has 1 aromatic rings. The highest BCUT2D eigenvalue weighted by molar-refractivity contribution is 5.69. The molecular formula is C10H15NO3. The van der Waals surface area contributed by atoms with E-state index in [9.17, 15) is 9.90 Å². The SMILES string of the molecule is CCOC(=O)Cn1ccc(C(C)O)c1. The van der Waals surface area contributed by atoms with E-state index in [0.717, 1.165) is 5.56 Å². The first-order valence-corrected chi connectivity index (χ1v) is 4.63. The molecule has 4 heteroatoms. The van der Waals surface area contributed by atoms with Crippen LogP contribution < -0.4 is 0 Å². The van der Waals surface area contributed by atoms with Crippen LogP contribution in [0.5, 0.6) is 0 Å². The molecule has 0 aliphatic heterocycles. The van der Waals surface area contributed by atoms with E-state index in [1.54, 1.807) is 36.9 Å². The van der Waals surface area contributed by atoms with E-state index in [0.29, 0.717) is 6.61 Å². The zero-order chi connectivity index (χ0) is 10.6. The highest BCUT2D eigenvalue weighted by atomic mass is 16.5. The number of nitrogens with zero attached hydrogens (tertiary/aromatic N) is 1. The van der Waals surface area contributed by atoms with E-state index >= 15 is 0 Å². The summed E-state index contributed by atoms with van der Waals surface area (Å²) in [7, 11) is 0. The first-order chi connectivity index (χ1) is 6.63. The van der Waals surface area contributed by atoms with Crippen molar-refractivity contribution in [2.24, 2.45) is 0 Å². The predicted octanol–water partition coefficient (Wildman–Crippen LogP) is 1.10. The van der Waals surface area contributed by atoms with Crippen molar-refractivity contribution in [3.63, 3.8) is 0 Å². The standard InChI is InChI=1S/C10H15NO3/c1-3-14-10(13)7-11-5-4-9(6-11)8(2)12/h4-6,8,12H,3,7H2,1-2H3. The van der Waals surface area contributed by atoms with E-state index in [-0.39, 0.29) is 12.5 Å². The van der Waals surface area contributed by atoms with Crippen LogP contribution in [0.4, 0.5) is 0 Å². The van der Waals surface area contributed by atoms with Crippen LogP contribution in [0.15, 0.2) is 18.5 Å². The number of hydrogen-bond donors (Lipinski definition) is 1. The molecule has 0 bridgehead atoms. The average Bonchev–Trinajstić information content (AvgIpc) is 2.53. The van der Waals surface area contributed by atoms with Gasteiger partial charge in [0.25, 0.3) is 0 Å². The van der Waals surface area contributed by atoms with Gasteiger partial charge in [-0.05, 0) is 25.5 Å². The summed E-state index contributed by atoms with van der Waals surface area (Å²) >= 11 is 0. The molecule has 0 radical (unpaired) electrons. The summed E-state index contributed by atoms with van der Waals surface area (Å²) in [6.45, 7) is 4.04. The van der Waals surface area contributed by atoms with Crippen molar-refractivity contribution >= 4 is 5.97 Å². The van der Waals surface area contributed by atoms with E-state index < -0.39 is 6.10 Å². The quantitative estimate of drug-likeness (QED) is 0.735. The summed E-state index contributed by atoms with van der Waals surface area (Å²) in [6.07, 6.45) is 2.99. The van der Waals surface area contributed by atoms with Gasteiger partial charge < -0.3 is 14.4 Å². The molecule has 1 aromatic heterocycles. The fraction of sp³-hybridized carbons (Fsp3) is 0.500. The first-order valence-electron chi connectivity index (χ1n) is 4.63. The molecule has 0 aromatic carbocycles. The average molecular weight is 197 g/mol. The topological polar surface area (TPSA) is 51.5 Å². The molecule has 1 heterocycles. The van der Waals surface area contributed by atoms with Gasteiger partial charge in [0.05, 0.1) is 12.7 Å². The number of ether oxygens (including phenoxy) is 1. The van der Waals surface area contributed by atoms with E-state index in [4.69, 9.17) is 4.74 Å². The van der Waals surface area contributed by atoms with Crippen molar-refractivity contribution in [2.45, 2.75) is 26.5 Å². The third kappa shape index (κ3) is 2.88. The number of carbonyl (C=O) groups excluding carboxylic acids is 1. The third-order valence-electron chi connectivity index (χ3n) is 1.87. The molecule has 1 rings (SSSR count). The molecule has 1 atom stereocenters. The molecule has 0 aliphatic carbocycles. The molecule has 0 spiro atoms. The lowest BCUT2D eigenvalue weighted by Crippen LogP contribution is -2.11. The summed E-state index contributed by atoms with van der Waals surface area (Å²) < 4.78 is 6.49. The molecule has 4 nitrogen and oxygen atoms in total. The number of aliphatic hydroxyl groups excluding tert-OH is 1. The van der Waals surface area contributed by atoms with Crippen LogP contribution in [0.3, 0.4) is 0 Å². The summed E-state index contributed by atoms with van der Waals surface area (Å²) in [4.78, 5) is 11.1. The van der Waals surface area contributed by atoms with Crippen molar-refractivity contribution in [1.29, 1.82) is 0 Å². The number of aromatic nitrogens is 1. The first kappa shape index (κ1) is 10.8. The Balaban J connectivity index is 2.55. The summed E-state index contributed by atoms with van der Waals surface area (Å²) in [6, 6.07) is 1.78. The second-order valence-corrected chi connectivity index (χ2v) is 3.10. The van der Waals surface area contributed by atoms with Gasteiger partial charge in [-0.15, -0.1) is 0 Å². The number of rotatable bonds is 4. The fourth-order valence-electron chi connectivity index (χ4n) is 1.16. The van der Waals surface area contributed by atoms with E-state index in [2.05, 4.69) is 0 Å². The highest BCUT2D eigenvalue weighted by Gasteiger charge is 2.06. The molecule has 0 amide bonds. The Bertz CT molecular complexity index is 304. The van der Waals surface area contributed by atoms with Gasteiger partial charge in [0, 0.05) is 12.4 Å². The maximum Gasteiger partial charge on any atom is 0.325 e. The van der Waals surface area contributed by atoms with Crippen molar-refractivity contribution in [1.82, 2.24) is 4.57 Å². The van der Waals surface area contributed by atoms with Crippen molar-refractivity contribution in [3.05, 3.63) is 24.0 Å². The highest BCUT2D eigenvalue weighted by Crippen LogP contribution is 2.11. The second-order valence-electron chi connectivity index (χ2n) is 3.10. The zero-order valence-electron chi connectivity index (χ0n) is 8.43. The monoisotopic (exact) mass is 197 g/mol. The molecule has 0 saturated carbocycles. The van der Waals surface area contributed by atoms with Crippen LogP contribution in [0, 0.1) is 0 Å². The van der Waals surface area contributed by atoms with Gasteiger partial charge in [-0.25, -0.2) is 0 Å². The molecule has 78 valence electrons. The normalized spacial score (nSPS) is 12.5. The zero-order valence-corrected chi connectivity index (χ0v) is 8.43. The van der Waals surface area contributed by atoms with Crippen molar-refractivity contribution in [3.8, 4) is 0 Å². The Hall–Kier alpha value is -1.29. The minimum Gasteiger partial charge on any atom is -0.465 e. The van der Waals surface area contributed by atoms with Crippen LogP contribution in [0.1, 0.15) is 25.5 Å². The Morgan fingerprint density at radius 1 is 1.71 bits per heavy atom. The molecule has 1 unspecified atom stereocenters. The Morgan fingerprint density at radius 2 is 2.43 bits per heavy atom. The van der Waals surface area contributed by atoms with E-state index in [1.807, 2.05) is 0 Å². The number of aliphatic hydroxyl groups is 1. The summed E-state index contributed by atoms with van der Waals surface area (Å²) in [5.74, 6) is -0.264. The maximum absolute atomic E-state index is 11.1. The summed E-state index contributed by atoms with van der Waals surface area (Å²) in [5.41, 5.74) is 0.800. The lowest BCUT2D eigenvalue weighted by Gasteiger charge is -2.03. The molecular weight excluding hydrogens is 182 g/mol. The van der Waals surface area contributed by atoms with Gasteiger partial charge in [-0.2, -0.15) is 0 Å². The van der Waals surface area contributed by atoms with Crippen LogP contribution >= 0.6 is 0 Å². The van der Waals surface area contributed by atoms with Gasteiger partial charge in [0.2, 0.25) is 0 Å². The minimum atomic E-state index is -0.501. The van der Waals surface area contributed by atoms with Gasteiger partial charge in [-0.1, -0.05) is 0 Å². The smallest absolute Gasteiger partial charge is 0.325 e. The van der Waals surface area contributed by atoms with Crippen LogP contribution in [0.25, 0.3) is 0 Å². The lowest BCUT2D eigenvalue weighted by atomic mass is 10.2. The minimum absolute atomic E-state index is 0.195. The maximum atomic E-state index is 11.1. The lowest BCUT2D eigenvalue weighted by molar-refractivity contribution is -0.143. The Kier molecular flexibility index (Phi) is 3.71. The molecule has 14 heavy (non-hydrogen) atoms. The Labute approximate surface area is 83.1 Å². The summed E-state index contributed by atoms with van der Waals surface area (Å²) in [5, 5.41) is 9.25. The van der Waals surface area contributed by atoms with Gasteiger partial charge in [-0.3, -0.25) is 4.79 Å². The van der Waals surface area contributed by atoms with Gasteiger partial charge >= 0.3 is 5.97 Å². The number of hydrogen-bond acceptors (Lipinski definition) is 3. The third-order valence-corrected chi connectivity index (χ3v) is 1.87. The fourth-order valence-corrected chi connectivity index (χ4v) is 1.16. The van der Waals surface area contributed by atoms with Crippen LogP contribution in [-0.4, -0.2) is 22.2 Å². The molecule has 0 fully saturated rings. The largest absolute Gasteiger partial charge is 0.465 e. The molecule has 0 aliphatic rings. The number of esters is 1. The Morgan fingerprint density at radius 3 is 2.93 bits per heavy atom. The van der Waals surface area contributed by atoms with Gasteiger partial charge in [0.1, 0.15) is 6.54 Å². The predicted molar refractivity (Wildman–Crippen MR) is 51.7 cm³/mol. The van der Waals surface area contributed by atoms with Gasteiger partial charge in [0.15, 0.2) is 0 Å². The molecule has 0 saturated heterocycles. The molecule has 1 N–H and O–H groups in total. The van der Waals surface area contributed by atoms with E-state index in [1.165, 1.54) is 0 Å². The van der Waals surface area contributed by atoms with Crippen molar-refractivity contribution in [2.75, 3.05) is 6.61 Å².